The third-order valence-electron chi connectivity index (χ3n) is 1.57. The molecule has 0 aliphatic carbocycles. The molecule has 0 aromatic carbocycles. The smallest absolute Gasteiger partial charge is 0.339 e. The van der Waals surface area contributed by atoms with Crippen LogP contribution in [0.15, 0.2) is 16.2 Å². The Bertz CT molecular complexity index is 243. The lowest BCUT2D eigenvalue weighted by molar-refractivity contribution is -0.132. The third kappa shape index (κ3) is 2.26. The molecule has 0 rings (SSSR count). The summed E-state index contributed by atoms with van der Waals surface area (Å²) in [6, 6.07) is 0. The van der Waals surface area contributed by atoms with Crippen molar-refractivity contribution in [1.29, 1.82) is 0 Å². The van der Waals surface area contributed by atoms with Gasteiger partial charge in [-0.15, -0.1) is 0 Å². The van der Waals surface area contributed by atoms with E-state index in [1.54, 1.807) is 6.92 Å². The van der Waals surface area contributed by atoms with Crippen molar-refractivity contribution in [3.8, 4) is 0 Å². The second-order valence-corrected chi connectivity index (χ2v) is 2.33. The average Bonchev–Trinajstić information content (AvgIpc) is 2.03. The molecule has 0 saturated heterocycles. The number of amidine groups is 1. The van der Waals surface area contributed by atoms with Gasteiger partial charge in [0, 0.05) is 0 Å². The highest BCUT2D eigenvalue weighted by atomic mass is 16.4. The summed E-state index contributed by atoms with van der Waals surface area (Å²) < 4.78 is 0. The summed E-state index contributed by atoms with van der Waals surface area (Å²) >= 11 is 0. The Morgan fingerprint density at radius 1 is 1.58 bits per heavy atom. The summed E-state index contributed by atoms with van der Waals surface area (Å²) in [6.07, 6.45) is 0.609. The van der Waals surface area contributed by atoms with E-state index in [-0.39, 0.29) is 11.4 Å². The summed E-state index contributed by atoms with van der Waals surface area (Å²) in [5.74, 6) is 3.64. The third-order valence-corrected chi connectivity index (χ3v) is 1.57. The zero-order chi connectivity index (χ0) is 9.72. The van der Waals surface area contributed by atoms with Gasteiger partial charge in [-0.1, -0.05) is 12.5 Å². The largest absolute Gasteiger partial charge is 0.478 e. The van der Waals surface area contributed by atoms with Crippen molar-refractivity contribution in [2.45, 2.75) is 20.3 Å². The van der Waals surface area contributed by atoms with E-state index in [0.717, 1.165) is 0 Å². The molecule has 0 spiro atoms. The summed E-state index contributed by atoms with van der Waals surface area (Å²) in [4.78, 5) is 10.6. The monoisotopic (exact) mass is 171 g/mol. The fourth-order valence-corrected chi connectivity index (χ4v) is 0.752. The maximum Gasteiger partial charge on any atom is 0.339 e. The van der Waals surface area contributed by atoms with Crippen LogP contribution in [-0.4, -0.2) is 16.9 Å². The van der Waals surface area contributed by atoms with Gasteiger partial charge in [-0.05, 0) is 13.3 Å². The van der Waals surface area contributed by atoms with Gasteiger partial charge < -0.3 is 16.7 Å². The van der Waals surface area contributed by atoms with Gasteiger partial charge >= 0.3 is 5.97 Å². The fraction of sp³-hybridized carbons (Fsp3) is 0.429. The van der Waals surface area contributed by atoms with Gasteiger partial charge in [-0.25, -0.2) is 4.79 Å². The summed E-state index contributed by atoms with van der Waals surface area (Å²) in [5.41, 5.74) is 5.94. The first-order valence-electron chi connectivity index (χ1n) is 3.51. The SMILES string of the molecule is CC/C(C)=C(C(=O)O)/C(N)=N\N. The van der Waals surface area contributed by atoms with Crippen LogP contribution in [-0.2, 0) is 4.79 Å². The minimum absolute atomic E-state index is 0.000000000000000222. The number of carboxylic acid groups (broad SMARTS) is 1. The van der Waals surface area contributed by atoms with Gasteiger partial charge in [0.1, 0.15) is 5.57 Å². The summed E-state index contributed by atoms with van der Waals surface area (Å²) in [7, 11) is 0. The van der Waals surface area contributed by atoms with Crippen molar-refractivity contribution in [1.82, 2.24) is 0 Å². The molecular weight excluding hydrogens is 158 g/mol. The van der Waals surface area contributed by atoms with Gasteiger partial charge in [0.2, 0.25) is 0 Å². The van der Waals surface area contributed by atoms with Crippen LogP contribution in [0.4, 0.5) is 0 Å². The van der Waals surface area contributed by atoms with Crippen LogP contribution in [0.25, 0.3) is 0 Å². The molecule has 0 saturated carbocycles. The molecule has 0 aliphatic rings. The summed E-state index contributed by atoms with van der Waals surface area (Å²) in [6.45, 7) is 3.52. The van der Waals surface area contributed by atoms with Crippen LogP contribution >= 0.6 is 0 Å². The maximum absolute atomic E-state index is 10.6. The molecule has 68 valence electrons. The molecule has 0 radical (unpaired) electrons. The molecule has 5 heteroatoms. The van der Waals surface area contributed by atoms with Crippen LogP contribution < -0.4 is 11.6 Å². The molecule has 0 aromatic heterocycles. The van der Waals surface area contributed by atoms with E-state index in [1.165, 1.54) is 0 Å². The molecule has 0 atom stereocenters. The second kappa shape index (κ2) is 4.38. The molecule has 12 heavy (non-hydrogen) atoms. The van der Waals surface area contributed by atoms with Crippen molar-refractivity contribution < 1.29 is 9.90 Å². The Hall–Kier alpha value is -1.52. The minimum atomic E-state index is -1.10. The lowest BCUT2D eigenvalue weighted by Gasteiger charge is -2.03. The Morgan fingerprint density at radius 3 is 2.33 bits per heavy atom. The Kier molecular flexibility index (Phi) is 3.82. The first-order valence-corrected chi connectivity index (χ1v) is 3.51. The quantitative estimate of drug-likeness (QED) is 0.183. The lowest BCUT2D eigenvalue weighted by Crippen LogP contribution is -2.23. The maximum atomic E-state index is 10.6. The normalized spacial score (nSPS) is 14.0. The topological polar surface area (TPSA) is 102 Å². The van der Waals surface area contributed by atoms with E-state index in [1.807, 2.05) is 6.92 Å². The van der Waals surface area contributed by atoms with Crippen LogP contribution in [0.2, 0.25) is 0 Å². The van der Waals surface area contributed by atoms with Gasteiger partial charge in [-0.3, -0.25) is 0 Å². The number of carbonyl (C=O) groups is 1. The lowest BCUT2D eigenvalue weighted by atomic mass is 10.1. The van der Waals surface area contributed by atoms with Crippen LogP contribution in [0.1, 0.15) is 20.3 Å². The molecule has 5 nitrogen and oxygen atoms in total. The van der Waals surface area contributed by atoms with Gasteiger partial charge in [0.25, 0.3) is 0 Å². The Labute approximate surface area is 70.7 Å². The molecular formula is C7H13N3O2. The molecule has 0 aromatic rings. The minimum Gasteiger partial charge on any atom is -0.478 e. The number of nitrogens with two attached hydrogens (primary N) is 2. The Balaban J connectivity index is 5.06. The van der Waals surface area contributed by atoms with E-state index in [0.29, 0.717) is 12.0 Å². The zero-order valence-electron chi connectivity index (χ0n) is 7.16. The average molecular weight is 171 g/mol. The molecule has 0 fully saturated rings. The predicted molar refractivity (Wildman–Crippen MR) is 46.4 cm³/mol. The molecule has 0 bridgehead atoms. The van der Waals surface area contributed by atoms with E-state index in [4.69, 9.17) is 16.7 Å². The van der Waals surface area contributed by atoms with Crippen molar-refractivity contribution >= 4 is 11.8 Å². The number of aliphatic carboxylic acids is 1. The van der Waals surface area contributed by atoms with Crippen molar-refractivity contribution in [3.63, 3.8) is 0 Å². The highest BCUT2D eigenvalue weighted by molar-refractivity contribution is 6.17. The number of carboxylic acids is 1. The van der Waals surface area contributed by atoms with Gasteiger partial charge in [0.15, 0.2) is 5.84 Å². The van der Waals surface area contributed by atoms with E-state index in [2.05, 4.69) is 5.10 Å². The standard InChI is InChI=1S/C7H13N3O2/c1-3-4(2)5(7(11)12)6(8)10-9/h3,9H2,1-2H3,(H2,8,10)(H,11,12)/b5-4-. The fourth-order valence-electron chi connectivity index (χ4n) is 0.752. The number of rotatable bonds is 3. The first kappa shape index (κ1) is 10.5. The van der Waals surface area contributed by atoms with Crippen LogP contribution in [0.3, 0.4) is 0 Å². The summed E-state index contributed by atoms with van der Waals surface area (Å²) in [5, 5.41) is 11.8. The number of allylic oxidation sites excluding steroid dienone is 1. The van der Waals surface area contributed by atoms with Crippen LogP contribution in [0.5, 0.6) is 0 Å². The van der Waals surface area contributed by atoms with Crippen molar-refractivity contribution in [2.24, 2.45) is 16.7 Å². The molecule has 0 heterocycles. The highest BCUT2D eigenvalue weighted by Gasteiger charge is 2.14. The number of hydrogen-bond donors (Lipinski definition) is 3. The van der Waals surface area contributed by atoms with Crippen molar-refractivity contribution in [2.75, 3.05) is 0 Å². The Morgan fingerprint density at radius 2 is 2.08 bits per heavy atom. The molecule has 5 N–H and O–H groups in total. The zero-order valence-corrected chi connectivity index (χ0v) is 7.16. The molecule has 0 aliphatic heterocycles. The highest BCUT2D eigenvalue weighted by Crippen LogP contribution is 2.07. The van der Waals surface area contributed by atoms with E-state index >= 15 is 0 Å². The number of nitrogens with zero attached hydrogens (tertiary/aromatic N) is 1. The van der Waals surface area contributed by atoms with E-state index in [9.17, 15) is 4.79 Å². The van der Waals surface area contributed by atoms with E-state index < -0.39 is 5.97 Å². The van der Waals surface area contributed by atoms with Gasteiger partial charge in [0.05, 0.1) is 0 Å². The first-order chi connectivity index (χ1) is 5.54. The van der Waals surface area contributed by atoms with Gasteiger partial charge in [-0.2, -0.15) is 5.10 Å². The molecule has 0 amide bonds. The molecule has 0 unspecified atom stereocenters. The number of hydrogen-bond acceptors (Lipinski definition) is 3. The van der Waals surface area contributed by atoms with Crippen LogP contribution in [0, 0.1) is 0 Å². The second-order valence-electron chi connectivity index (χ2n) is 2.33. The predicted octanol–water partition coefficient (Wildman–Crippen LogP) is 0.0284. The number of hydrazone groups is 1. The van der Waals surface area contributed by atoms with Crippen molar-refractivity contribution in [3.05, 3.63) is 11.1 Å².